The van der Waals surface area contributed by atoms with Crippen molar-refractivity contribution in [3.05, 3.63) is 0 Å². The van der Waals surface area contributed by atoms with Crippen molar-refractivity contribution in [1.82, 2.24) is 5.32 Å². The van der Waals surface area contributed by atoms with Gasteiger partial charge in [0.25, 0.3) is 0 Å². The van der Waals surface area contributed by atoms with Crippen LogP contribution in [-0.4, -0.2) is 37.5 Å². The highest BCUT2D eigenvalue weighted by molar-refractivity contribution is 4.97. The minimum atomic E-state index is 0.281. The molecule has 2 aliphatic carbocycles. The van der Waals surface area contributed by atoms with E-state index in [0.717, 1.165) is 26.0 Å². The Labute approximate surface area is 118 Å². The maximum Gasteiger partial charge on any atom is 0.0990 e. The van der Waals surface area contributed by atoms with Crippen LogP contribution >= 0.6 is 0 Å². The fourth-order valence-corrected chi connectivity index (χ4v) is 3.28. The van der Waals surface area contributed by atoms with E-state index in [0.29, 0.717) is 18.2 Å². The summed E-state index contributed by atoms with van der Waals surface area (Å²) in [5.74, 6) is 0. The first-order valence-corrected chi connectivity index (χ1v) is 8.35. The molecule has 1 N–H and O–H groups in total. The lowest BCUT2D eigenvalue weighted by Gasteiger charge is -2.45. The average molecular weight is 269 g/mol. The first-order valence-electron chi connectivity index (χ1n) is 8.35. The molecule has 3 atom stereocenters. The molecule has 3 heteroatoms. The lowest BCUT2D eigenvalue weighted by atomic mass is 9.84. The Morgan fingerprint density at radius 2 is 1.79 bits per heavy atom. The van der Waals surface area contributed by atoms with Gasteiger partial charge in [0.15, 0.2) is 0 Å². The highest BCUT2D eigenvalue weighted by Crippen LogP contribution is 2.31. The second-order valence-electron chi connectivity index (χ2n) is 6.02. The van der Waals surface area contributed by atoms with Crippen LogP contribution in [0.25, 0.3) is 0 Å². The minimum absolute atomic E-state index is 0.281. The van der Waals surface area contributed by atoms with Crippen molar-refractivity contribution in [2.45, 2.75) is 89.6 Å². The third-order valence-electron chi connectivity index (χ3n) is 4.40. The van der Waals surface area contributed by atoms with Gasteiger partial charge < -0.3 is 14.8 Å². The van der Waals surface area contributed by atoms with Crippen molar-refractivity contribution in [2.24, 2.45) is 0 Å². The van der Waals surface area contributed by atoms with E-state index in [1.165, 1.54) is 38.5 Å². The molecule has 2 saturated carbocycles. The highest BCUT2D eigenvalue weighted by atomic mass is 16.6. The second kappa shape index (κ2) is 8.23. The van der Waals surface area contributed by atoms with Gasteiger partial charge in [-0.1, -0.05) is 39.5 Å². The Balaban J connectivity index is 1.77. The maximum absolute atomic E-state index is 6.33. The summed E-state index contributed by atoms with van der Waals surface area (Å²) in [5.41, 5.74) is 0. The van der Waals surface area contributed by atoms with Crippen LogP contribution in [0.3, 0.4) is 0 Å². The highest BCUT2D eigenvalue weighted by Gasteiger charge is 2.43. The zero-order chi connectivity index (χ0) is 13.5. The summed E-state index contributed by atoms with van der Waals surface area (Å²) < 4.78 is 12.3. The van der Waals surface area contributed by atoms with Gasteiger partial charge in [-0.15, -0.1) is 0 Å². The summed E-state index contributed by atoms with van der Waals surface area (Å²) in [6, 6.07) is 0.507. The van der Waals surface area contributed by atoms with Crippen molar-refractivity contribution in [2.75, 3.05) is 13.2 Å². The van der Waals surface area contributed by atoms with E-state index in [1.54, 1.807) is 0 Å². The van der Waals surface area contributed by atoms with Gasteiger partial charge in [-0.25, -0.2) is 0 Å². The number of hydrogen-bond donors (Lipinski definition) is 1. The van der Waals surface area contributed by atoms with E-state index in [4.69, 9.17) is 9.47 Å². The van der Waals surface area contributed by atoms with Crippen LogP contribution in [0.2, 0.25) is 0 Å². The van der Waals surface area contributed by atoms with Gasteiger partial charge in [-0.2, -0.15) is 0 Å². The van der Waals surface area contributed by atoms with Crippen LogP contribution in [0.5, 0.6) is 0 Å². The van der Waals surface area contributed by atoms with Gasteiger partial charge in [0.2, 0.25) is 0 Å². The molecule has 2 rings (SSSR count). The van der Waals surface area contributed by atoms with Crippen LogP contribution in [0, 0.1) is 0 Å². The number of ether oxygens (including phenoxy) is 2. The first kappa shape index (κ1) is 15.3. The molecule has 0 saturated heterocycles. The third kappa shape index (κ3) is 4.44. The quantitative estimate of drug-likeness (QED) is 0.720. The van der Waals surface area contributed by atoms with E-state index < -0.39 is 0 Å². The van der Waals surface area contributed by atoms with E-state index in [1.807, 2.05) is 0 Å². The van der Waals surface area contributed by atoms with E-state index >= 15 is 0 Å². The fourth-order valence-electron chi connectivity index (χ4n) is 3.28. The largest absolute Gasteiger partial charge is 0.374 e. The van der Waals surface area contributed by atoms with Crippen LogP contribution in [0.4, 0.5) is 0 Å². The summed E-state index contributed by atoms with van der Waals surface area (Å²) in [7, 11) is 0. The van der Waals surface area contributed by atoms with Gasteiger partial charge in [0.05, 0.1) is 18.3 Å². The molecule has 0 radical (unpaired) electrons. The number of nitrogens with one attached hydrogen (secondary N) is 1. The standard InChI is InChI=1S/C16H31NO2/c1-3-11-18-16-14(17-4-2)12-15(16)19-13-9-7-5-6-8-10-13/h13-17H,3-12H2,1-2H3. The van der Waals surface area contributed by atoms with Crippen LogP contribution in [-0.2, 0) is 9.47 Å². The Bertz CT molecular complexity index is 239. The summed E-state index contributed by atoms with van der Waals surface area (Å²) >= 11 is 0. The Hall–Kier alpha value is -0.120. The zero-order valence-electron chi connectivity index (χ0n) is 12.7. The molecule has 0 aliphatic heterocycles. The second-order valence-corrected chi connectivity index (χ2v) is 6.02. The van der Waals surface area contributed by atoms with Crippen LogP contribution < -0.4 is 5.32 Å². The van der Waals surface area contributed by atoms with Gasteiger partial charge >= 0.3 is 0 Å². The van der Waals surface area contributed by atoms with Crippen molar-refractivity contribution in [1.29, 1.82) is 0 Å². The minimum Gasteiger partial charge on any atom is -0.374 e. The molecule has 0 heterocycles. The average Bonchev–Trinajstić information content (AvgIpc) is 2.66. The van der Waals surface area contributed by atoms with Gasteiger partial charge in [0.1, 0.15) is 0 Å². The van der Waals surface area contributed by atoms with E-state index in [2.05, 4.69) is 19.2 Å². The van der Waals surface area contributed by atoms with Crippen molar-refractivity contribution >= 4 is 0 Å². The number of likely N-dealkylation sites (N-methyl/N-ethyl adjacent to an activating group) is 1. The molecular weight excluding hydrogens is 238 g/mol. The Kier molecular flexibility index (Phi) is 6.62. The first-order chi connectivity index (χ1) is 9.35. The fraction of sp³-hybridized carbons (Fsp3) is 1.00. The van der Waals surface area contributed by atoms with Crippen molar-refractivity contribution in [3.8, 4) is 0 Å². The number of hydrogen-bond acceptors (Lipinski definition) is 3. The topological polar surface area (TPSA) is 30.5 Å². The predicted octanol–water partition coefficient (Wildman–Crippen LogP) is 3.27. The molecule has 2 aliphatic rings. The maximum atomic E-state index is 6.33. The van der Waals surface area contributed by atoms with Crippen molar-refractivity contribution in [3.63, 3.8) is 0 Å². The lowest BCUT2D eigenvalue weighted by molar-refractivity contribution is -0.169. The van der Waals surface area contributed by atoms with Gasteiger partial charge in [-0.3, -0.25) is 0 Å². The molecule has 0 bridgehead atoms. The lowest BCUT2D eigenvalue weighted by Crippen LogP contribution is -2.60. The monoisotopic (exact) mass is 269 g/mol. The molecule has 2 fully saturated rings. The number of rotatable bonds is 7. The summed E-state index contributed by atoms with van der Waals surface area (Å²) in [6.07, 6.45) is 11.3. The molecule has 112 valence electrons. The SMILES string of the molecule is CCCOC1C(NCC)CC1OC1CCCCCC1. The summed E-state index contributed by atoms with van der Waals surface area (Å²) in [6.45, 7) is 6.21. The third-order valence-corrected chi connectivity index (χ3v) is 4.40. The molecule has 0 aromatic heterocycles. The van der Waals surface area contributed by atoms with Gasteiger partial charge in [-0.05, 0) is 32.2 Å². The summed E-state index contributed by atoms with van der Waals surface area (Å²) in [5, 5.41) is 3.52. The Morgan fingerprint density at radius 3 is 2.42 bits per heavy atom. The van der Waals surface area contributed by atoms with Crippen LogP contribution in [0.15, 0.2) is 0 Å². The smallest absolute Gasteiger partial charge is 0.0990 e. The molecule has 0 spiro atoms. The normalized spacial score (nSPS) is 32.8. The zero-order valence-corrected chi connectivity index (χ0v) is 12.7. The molecule has 0 aromatic rings. The van der Waals surface area contributed by atoms with E-state index in [-0.39, 0.29) is 6.10 Å². The Morgan fingerprint density at radius 1 is 1.05 bits per heavy atom. The van der Waals surface area contributed by atoms with Crippen LogP contribution in [0.1, 0.15) is 65.2 Å². The van der Waals surface area contributed by atoms with E-state index in [9.17, 15) is 0 Å². The molecule has 3 unspecified atom stereocenters. The molecule has 0 aromatic carbocycles. The molecule has 3 nitrogen and oxygen atoms in total. The molecular formula is C16H31NO2. The van der Waals surface area contributed by atoms with Crippen molar-refractivity contribution < 1.29 is 9.47 Å². The molecule has 0 amide bonds. The molecule has 19 heavy (non-hydrogen) atoms. The van der Waals surface area contributed by atoms with Gasteiger partial charge in [0, 0.05) is 12.6 Å². The summed E-state index contributed by atoms with van der Waals surface area (Å²) in [4.78, 5) is 0. The predicted molar refractivity (Wildman–Crippen MR) is 78.5 cm³/mol.